The van der Waals surface area contributed by atoms with E-state index in [1.165, 1.54) is 18.1 Å². The molecule has 2 aliphatic rings. The molecular formula is C20H22F3N3O3. The predicted octanol–water partition coefficient (Wildman–Crippen LogP) is 4.02. The fourth-order valence-corrected chi connectivity index (χ4v) is 3.59. The number of alkyl halides is 3. The molecule has 6 nitrogen and oxygen atoms in total. The van der Waals surface area contributed by atoms with E-state index in [0.717, 1.165) is 11.5 Å². The third kappa shape index (κ3) is 3.97. The lowest BCUT2D eigenvalue weighted by molar-refractivity contribution is -0.148. The van der Waals surface area contributed by atoms with E-state index < -0.39 is 17.7 Å². The van der Waals surface area contributed by atoms with Gasteiger partial charge in [0.05, 0.1) is 31.5 Å². The first-order valence-electron chi connectivity index (χ1n) is 9.34. The van der Waals surface area contributed by atoms with Gasteiger partial charge in [0.25, 0.3) is 0 Å². The summed E-state index contributed by atoms with van der Waals surface area (Å²) in [6, 6.07) is 3.35. The van der Waals surface area contributed by atoms with Gasteiger partial charge in [-0.3, -0.25) is 4.68 Å². The first kappa shape index (κ1) is 19.8. The van der Waals surface area contributed by atoms with Crippen molar-refractivity contribution < 1.29 is 27.4 Å². The zero-order valence-electron chi connectivity index (χ0n) is 16.2. The summed E-state index contributed by atoms with van der Waals surface area (Å²) in [6.07, 6.45) is 2.11. The first-order valence-corrected chi connectivity index (χ1v) is 9.34. The maximum Gasteiger partial charge on any atom is 0.431 e. The summed E-state index contributed by atoms with van der Waals surface area (Å²) >= 11 is 0. The second kappa shape index (κ2) is 7.38. The van der Waals surface area contributed by atoms with Crippen LogP contribution in [0, 0.1) is 0 Å². The van der Waals surface area contributed by atoms with Crippen molar-refractivity contribution in [1.29, 1.82) is 0 Å². The Bertz CT molecular complexity index is 959. The average Bonchev–Trinajstić information content (AvgIpc) is 3.30. The van der Waals surface area contributed by atoms with Crippen molar-refractivity contribution in [2.75, 3.05) is 31.8 Å². The molecule has 0 saturated carbocycles. The normalized spacial score (nSPS) is 19.1. The van der Waals surface area contributed by atoms with Crippen molar-refractivity contribution >= 4 is 16.6 Å². The topological polar surface area (TPSA) is 48.8 Å². The van der Waals surface area contributed by atoms with E-state index in [0.29, 0.717) is 43.1 Å². The second-order valence-corrected chi connectivity index (χ2v) is 7.14. The van der Waals surface area contributed by atoms with E-state index >= 15 is 0 Å². The van der Waals surface area contributed by atoms with Gasteiger partial charge >= 0.3 is 6.18 Å². The van der Waals surface area contributed by atoms with Gasteiger partial charge in [-0.2, -0.15) is 18.3 Å². The number of nitrogens with zero attached hydrogens (tertiary/aromatic N) is 3. The number of rotatable bonds is 5. The summed E-state index contributed by atoms with van der Waals surface area (Å²) in [4.78, 5) is 1.21. The van der Waals surface area contributed by atoms with Gasteiger partial charge in [-0.15, -0.1) is 0 Å². The zero-order valence-corrected chi connectivity index (χ0v) is 16.2. The first-order chi connectivity index (χ1) is 13.8. The van der Waals surface area contributed by atoms with Gasteiger partial charge in [0, 0.05) is 37.2 Å². The molecule has 3 heterocycles. The van der Waals surface area contributed by atoms with Crippen molar-refractivity contribution in [3.8, 4) is 5.75 Å². The number of aryl methyl sites for hydroxylation is 1. The Morgan fingerprint density at radius 2 is 2.00 bits per heavy atom. The Labute approximate surface area is 166 Å². The number of methoxy groups -OCH3 is 1. The van der Waals surface area contributed by atoms with E-state index in [4.69, 9.17) is 14.2 Å². The molecule has 0 unspecified atom stereocenters. The molecule has 0 radical (unpaired) electrons. The van der Waals surface area contributed by atoms with Crippen LogP contribution < -0.4 is 9.64 Å². The number of hydrogen-bond donors (Lipinski definition) is 0. The number of benzene rings is 1. The minimum Gasteiger partial charge on any atom is -0.494 e. The lowest BCUT2D eigenvalue weighted by Crippen LogP contribution is -2.33. The largest absolute Gasteiger partial charge is 0.494 e. The SMILES string of the molecule is COc1cc2nn(CCC3(C)OCCO3)cc2cc1N1CC=CC=C1C(F)(F)F. The summed E-state index contributed by atoms with van der Waals surface area (Å²) in [5, 5.41) is 5.26. The van der Waals surface area contributed by atoms with Crippen LogP contribution in [0.15, 0.2) is 42.3 Å². The van der Waals surface area contributed by atoms with E-state index in [1.807, 2.05) is 13.1 Å². The highest BCUT2D eigenvalue weighted by Gasteiger charge is 2.39. The summed E-state index contributed by atoms with van der Waals surface area (Å²) in [5.74, 6) is -0.296. The molecule has 1 aromatic carbocycles. The maximum atomic E-state index is 13.5. The molecule has 4 rings (SSSR count). The third-order valence-electron chi connectivity index (χ3n) is 5.10. The van der Waals surface area contributed by atoms with E-state index in [-0.39, 0.29) is 6.54 Å². The van der Waals surface area contributed by atoms with Crippen LogP contribution in [0.4, 0.5) is 18.9 Å². The fourth-order valence-electron chi connectivity index (χ4n) is 3.59. The number of hydrogen-bond acceptors (Lipinski definition) is 5. The standard InChI is InChI=1S/C20H22F3N3O3/c1-19(28-9-10-29-19)6-8-25-13-14-11-16(17(27-2)12-15(14)24-25)26-7-4-3-5-18(26)20(21,22)23/h3-5,11-13H,6-10H2,1-2H3. The Kier molecular flexibility index (Phi) is 5.04. The molecule has 1 saturated heterocycles. The fraction of sp³-hybridized carbons (Fsp3) is 0.450. The van der Waals surface area contributed by atoms with Crippen LogP contribution in [0.3, 0.4) is 0 Å². The highest BCUT2D eigenvalue weighted by Crippen LogP contribution is 2.40. The van der Waals surface area contributed by atoms with Crippen molar-refractivity contribution in [3.05, 3.63) is 42.3 Å². The van der Waals surface area contributed by atoms with Crippen molar-refractivity contribution in [1.82, 2.24) is 9.78 Å². The molecule has 0 spiro atoms. The molecule has 0 N–H and O–H groups in total. The van der Waals surface area contributed by atoms with Crippen LogP contribution in [0.1, 0.15) is 13.3 Å². The Morgan fingerprint density at radius 1 is 1.24 bits per heavy atom. The van der Waals surface area contributed by atoms with Gasteiger partial charge in [0.1, 0.15) is 11.4 Å². The third-order valence-corrected chi connectivity index (χ3v) is 5.10. The molecule has 0 atom stereocenters. The lowest BCUT2D eigenvalue weighted by Gasteiger charge is -2.30. The van der Waals surface area contributed by atoms with Gasteiger partial charge in [-0.1, -0.05) is 12.2 Å². The second-order valence-electron chi connectivity index (χ2n) is 7.14. The monoisotopic (exact) mass is 409 g/mol. The van der Waals surface area contributed by atoms with Crippen molar-refractivity contribution in [2.45, 2.75) is 31.9 Å². The van der Waals surface area contributed by atoms with Crippen molar-refractivity contribution in [2.24, 2.45) is 0 Å². The number of allylic oxidation sites excluding steroid dienone is 3. The average molecular weight is 409 g/mol. The molecule has 9 heteroatoms. The predicted molar refractivity (Wildman–Crippen MR) is 102 cm³/mol. The molecule has 1 fully saturated rings. The molecule has 156 valence electrons. The van der Waals surface area contributed by atoms with Crippen LogP contribution in [0.25, 0.3) is 10.9 Å². The summed E-state index contributed by atoms with van der Waals surface area (Å²) in [5.41, 5.74) is 0.268. The summed E-state index contributed by atoms with van der Waals surface area (Å²) in [7, 11) is 1.44. The van der Waals surface area contributed by atoms with Gasteiger partial charge in [-0.25, -0.2) is 0 Å². The van der Waals surface area contributed by atoms with Gasteiger partial charge in [0.15, 0.2) is 5.79 Å². The molecule has 0 aliphatic carbocycles. The highest BCUT2D eigenvalue weighted by atomic mass is 19.4. The van der Waals surface area contributed by atoms with Gasteiger partial charge in [0.2, 0.25) is 0 Å². The number of aromatic nitrogens is 2. The highest BCUT2D eigenvalue weighted by molar-refractivity contribution is 5.86. The summed E-state index contributed by atoms with van der Waals surface area (Å²) < 4.78 is 58.8. The van der Waals surface area contributed by atoms with E-state index in [1.54, 1.807) is 22.9 Å². The van der Waals surface area contributed by atoms with Crippen LogP contribution in [0.2, 0.25) is 0 Å². The van der Waals surface area contributed by atoms with Crippen LogP contribution in [0.5, 0.6) is 5.75 Å². The Balaban J connectivity index is 1.65. The number of halogens is 3. The Hall–Kier alpha value is -2.52. The molecule has 1 aromatic heterocycles. The van der Waals surface area contributed by atoms with Crippen LogP contribution in [-0.4, -0.2) is 48.6 Å². The molecule has 2 aromatic rings. The maximum absolute atomic E-state index is 13.5. The van der Waals surface area contributed by atoms with Gasteiger partial charge < -0.3 is 19.1 Å². The summed E-state index contributed by atoms with van der Waals surface area (Å²) in [6.45, 7) is 3.69. The molecule has 0 bridgehead atoms. The van der Waals surface area contributed by atoms with E-state index in [9.17, 15) is 13.2 Å². The number of anilines is 1. The molecule has 29 heavy (non-hydrogen) atoms. The minimum absolute atomic E-state index is 0.106. The molecule has 0 amide bonds. The zero-order chi connectivity index (χ0) is 20.6. The number of fused-ring (bicyclic) bond motifs is 1. The van der Waals surface area contributed by atoms with Crippen LogP contribution in [-0.2, 0) is 16.0 Å². The molecule has 2 aliphatic heterocycles. The van der Waals surface area contributed by atoms with Crippen LogP contribution >= 0.6 is 0 Å². The Morgan fingerprint density at radius 3 is 2.69 bits per heavy atom. The van der Waals surface area contributed by atoms with E-state index in [2.05, 4.69) is 5.10 Å². The van der Waals surface area contributed by atoms with Crippen molar-refractivity contribution in [3.63, 3.8) is 0 Å². The van der Waals surface area contributed by atoms with Gasteiger partial charge in [-0.05, 0) is 19.1 Å². The quantitative estimate of drug-likeness (QED) is 0.747. The number of ether oxygens (including phenoxy) is 3. The smallest absolute Gasteiger partial charge is 0.431 e. The lowest BCUT2D eigenvalue weighted by atomic mass is 10.1. The molecular weight excluding hydrogens is 387 g/mol. The minimum atomic E-state index is -4.47.